The Morgan fingerprint density at radius 3 is 2.61 bits per heavy atom. The van der Waals surface area contributed by atoms with Gasteiger partial charge < -0.3 is 20.4 Å². The van der Waals surface area contributed by atoms with Crippen LogP contribution in [-0.2, 0) is 6.54 Å². The number of oxazole rings is 1. The van der Waals surface area contributed by atoms with Crippen molar-refractivity contribution in [3.63, 3.8) is 0 Å². The van der Waals surface area contributed by atoms with Crippen LogP contribution in [0.3, 0.4) is 0 Å². The zero-order chi connectivity index (χ0) is 25.5. The SMILES string of the molecule is Nc1nc2cc(-c3nn(C4CCNCC4)c4ncnc(N5CCN(Cc6ccccc6)CC5)c34)ccc2o1. The van der Waals surface area contributed by atoms with E-state index in [-0.39, 0.29) is 6.01 Å². The van der Waals surface area contributed by atoms with E-state index >= 15 is 0 Å². The van der Waals surface area contributed by atoms with Gasteiger partial charge in [0.2, 0.25) is 0 Å². The maximum absolute atomic E-state index is 5.82. The molecule has 5 aromatic rings. The van der Waals surface area contributed by atoms with E-state index in [0.29, 0.717) is 11.6 Å². The minimum absolute atomic E-state index is 0.166. The van der Waals surface area contributed by atoms with Gasteiger partial charge in [0.15, 0.2) is 11.2 Å². The smallest absolute Gasteiger partial charge is 0.292 e. The molecule has 2 aliphatic heterocycles. The summed E-state index contributed by atoms with van der Waals surface area (Å²) in [6.07, 6.45) is 3.73. The molecule has 2 aliphatic rings. The molecule has 0 amide bonds. The standard InChI is InChI=1S/C28H31N9O/c29-28-33-22-16-20(6-7-23(22)38-28)25-24-26(31-18-32-27(24)37(34-25)21-8-10-30-11-9-21)36-14-12-35(13-15-36)17-19-4-2-1-3-5-19/h1-7,16,18,21,30H,8-15,17H2,(H2,29,33). The van der Waals surface area contributed by atoms with E-state index in [2.05, 4.69) is 55.1 Å². The fourth-order valence-electron chi connectivity index (χ4n) is 5.76. The van der Waals surface area contributed by atoms with Crippen LogP contribution >= 0.6 is 0 Å². The molecule has 38 heavy (non-hydrogen) atoms. The van der Waals surface area contributed by atoms with Gasteiger partial charge in [-0.15, -0.1) is 0 Å². The van der Waals surface area contributed by atoms with E-state index in [4.69, 9.17) is 25.2 Å². The Labute approximate surface area is 220 Å². The van der Waals surface area contributed by atoms with Crippen molar-refractivity contribution in [1.82, 2.24) is 34.9 Å². The average Bonchev–Trinajstić information content (AvgIpc) is 3.54. The van der Waals surface area contributed by atoms with E-state index in [1.807, 2.05) is 18.2 Å². The maximum Gasteiger partial charge on any atom is 0.292 e. The second-order valence-electron chi connectivity index (χ2n) is 10.2. The molecule has 10 heteroatoms. The number of aromatic nitrogens is 5. The molecular weight excluding hydrogens is 478 g/mol. The van der Waals surface area contributed by atoms with Gasteiger partial charge in [-0.3, -0.25) is 4.90 Å². The molecule has 3 N–H and O–H groups in total. The highest BCUT2D eigenvalue weighted by Crippen LogP contribution is 2.37. The summed E-state index contributed by atoms with van der Waals surface area (Å²) in [5.41, 5.74) is 11.3. The van der Waals surface area contributed by atoms with Gasteiger partial charge in [0.25, 0.3) is 6.01 Å². The Balaban J connectivity index is 1.27. The van der Waals surface area contributed by atoms with Crippen molar-refractivity contribution in [2.24, 2.45) is 0 Å². The Kier molecular flexibility index (Phi) is 5.90. The molecule has 0 aliphatic carbocycles. The van der Waals surface area contributed by atoms with Gasteiger partial charge in [-0.25, -0.2) is 14.6 Å². The van der Waals surface area contributed by atoms with Crippen molar-refractivity contribution in [2.75, 3.05) is 49.9 Å². The van der Waals surface area contributed by atoms with Crippen molar-refractivity contribution < 1.29 is 4.42 Å². The molecular formula is C28H31N9O. The van der Waals surface area contributed by atoms with E-state index in [0.717, 1.165) is 92.3 Å². The highest BCUT2D eigenvalue weighted by atomic mass is 16.4. The number of piperazine rings is 1. The third kappa shape index (κ3) is 4.25. The molecule has 2 aromatic carbocycles. The summed E-state index contributed by atoms with van der Waals surface area (Å²) in [6.45, 7) is 6.67. The molecule has 194 valence electrons. The first-order chi connectivity index (χ1) is 18.7. The molecule has 0 bridgehead atoms. The number of hydrogen-bond donors (Lipinski definition) is 2. The summed E-state index contributed by atoms with van der Waals surface area (Å²) >= 11 is 0. The van der Waals surface area contributed by atoms with Gasteiger partial charge in [-0.2, -0.15) is 10.1 Å². The molecule has 0 unspecified atom stereocenters. The third-order valence-corrected chi connectivity index (χ3v) is 7.72. The predicted octanol–water partition coefficient (Wildman–Crippen LogP) is 3.46. The summed E-state index contributed by atoms with van der Waals surface area (Å²) in [5, 5.41) is 9.64. The molecule has 10 nitrogen and oxygen atoms in total. The first-order valence-corrected chi connectivity index (χ1v) is 13.3. The Hall–Kier alpha value is -4.02. The first kappa shape index (κ1) is 23.1. The third-order valence-electron chi connectivity index (χ3n) is 7.72. The van der Waals surface area contributed by atoms with Crippen LogP contribution in [0.2, 0.25) is 0 Å². The molecule has 2 fully saturated rings. The average molecular weight is 510 g/mol. The Bertz CT molecular complexity index is 1560. The fourth-order valence-corrected chi connectivity index (χ4v) is 5.76. The highest BCUT2D eigenvalue weighted by molar-refractivity contribution is 6.00. The van der Waals surface area contributed by atoms with Crippen molar-refractivity contribution >= 4 is 34.0 Å². The molecule has 7 rings (SSSR count). The number of nitrogens with one attached hydrogen (secondary N) is 1. The van der Waals surface area contributed by atoms with Gasteiger partial charge in [-0.1, -0.05) is 30.3 Å². The minimum atomic E-state index is 0.166. The van der Waals surface area contributed by atoms with Gasteiger partial charge in [0.05, 0.1) is 11.4 Å². The van der Waals surface area contributed by atoms with Crippen LogP contribution in [0.15, 0.2) is 59.3 Å². The molecule has 0 saturated carbocycles. The van der Waals surface area contributed by atoms with E-state index in [9.17, 15) is 0 Å². The molecule has 5 heterocycles. The number of anilines is 2. The van der Waals surface area contributed by atoms with Crippen LogP contribution in [0.1, 0.15) is 24.4 Å². The number of rotatable bonds is 5. The fraction of sp³-hybridized carbons (Fsp3) is 0.357. The monoisotopic (exact) mass is 509 g/mol. The zero-order valence-electron chi connectivity index (χ0n) is 21.3. The highest BCUT2D eigenvalue weighted by Gasteiger charge is 2.28. The predicted molar refractivity (Wildman–Crippen MR) is 148 cm³/mol. The number of hydrogen-bond acceptors (Lipinski definition) is 9. The normalized spacial score (nSPS) is 17.5. The minimum Gasteiger partial charge on any atom is -0.424 e. The molecule has 3 aromatic heterocycles. The van der Waals surface area contributed by atoms with E-state index < -0.39 is 0 Å². The summed E-state index contributed by atoms with van der Waals surface area (Å²) in [7, 11) is 0. The van der Waals surface area contributed by atoms with E-state index in [1.54, 1.807) is 6.33 Å². The molecule has 0 radical (unpaired) electrons. The lowest BCUT2D eigenvalue weighted by atomic mass is 10.1. The lowest BCUT2D eigenvalue weighted by Gasteiger charge is -2.35. The van der Waals surface area contributed by atoms with Crippen molar-refractivity contribution in [2.45, 2.75) is 25.4 Å². The van der Waals surface area contributed by atoms with Crippen LogP contribution < -0.4 is 16.0 Å². The van der Waals surface area contributed by atoms with Crippen molar-refractivity contribution in [1.29, 1.82) is 0 Å². The Morgan fingerprint density at radius 2 is 1.79 bits per heavy atom. The number of nitrogens with two attached hydrogens (primary N) is 1. The van der Waals surface area contributed by atoms with Crippen LogP contribution in [-0.4, -0.2) is 68.9 Å². The summed E-state index contributed by atoms with van der Waals surface area (Å²) in [4.78, 5) is 18.8. The summed E-state index contributed by atoms with van der Waals surface area (Å²) < 4.78 is 7.64. The van der Waals surface area contributed by atoms with Crippen LogP contribution in [0.25, 0.3) is 33.4 Å². The van der Waals surface area contributed by atoms with Gasteiger partial charge in [-0.05, 0) is 49.7 Å². The van der Waals surface area contributed by atoms with Gasteiger partial charge >= 0.3 is 0 Å². The summed E-state index contributed by atoms with van der Waals surface area (Å²) in [5.74, 6) is 0.948. The number of fused-ring (bicyclic) bond motifs is 2. The van der Waals surface area contributed by atoms with Gasteiger partial charge in [0.1, 0.15) is 23.4 Å². The second kappa shape index (κ2) is 9.70. The van der Waals surface area contributed by atoms with E-state index in [1.165, 1.54) is 5.56 Å². The lowest BCUT2D eigenvalue weighted by molar-refractivity contribution is 0.249. The zero-order valence-corrected chi connectivity index (χ0v) is 21.3. The van der Waals surface area contributed by atoms with Crippen molar-refractivity contribution in [3.8, 4) is 11.3 Å². The number of nitrogens with zero attached hydrogens (tertiary/aromatic N) is 7. The quantitative estimate of drug-likeness (QED) is 0.368. The van der Waals surface area contributed by atoms with Gasteiger partial charge in [0, 0.05) is 38.3 Å². The maximum atomic E-state index is 5.82. The van der Waals surface area contributed by atoms with Crippen LogP contribution in [0, 0.1) is 0 Å². The molecule has 0 atom stereocenters. The molecule has 0 spiro atoms. The number of nitrogen functional groups attached to an aromatic ring is 1. The topological polar surface area (TPSA) is 114 Å². The first-order valence-electron chi connectivity index (χ1n) is 13.3. The number of benzene rings is 2. The Morgan fingerprint density at radius 1 is 0.974 bits per heavy atom. The number of piperidine rings is 1. The summed E-state index contributed by atoms with van der Waals surface area (Å²) in [6, 6.07) is 17.1. The van der Waals surface area contributed by atoms with Crippen LogP contribution in [0.5, 0.6) is 0 Å². The molecule has 2 saturated heterocycles. The second-order valence-corrected chi connectivity index (χ2v) is 10.2. The largest absolute Gasteiger partial charge is 0.424 e. The lowest BCUT2D eigenvalue weighted by Crippen LogP contribution is -2.46. The van der Waals surface area contributed by atoms with Crippen LogP contribution in [0.4, 0.5) is 11.8 Å². The van der Waals surface area contributed by atoms with Crippen molar-refractivity contribution in [3.05, 3.63) is 60.4 Å².